The van der Waals surface area contributed by atoms with Gasteiger partial charge in [0.05, 0.1) is 12.7 Å². The minimum atomic E-state index is 0.297. The molecule has 0 aliphatic carbocycles. The lowest BCUT2D eigenvalue weighted by atomic mass is 10.2. The Morgan fingerprint density at radius 1 is 1.40 bits per heavy atom. The Hall–Kier alpha value is -0.840. The molecule has 0 aromatic carbocycles. The van der Waals surface area contributed by atoms with Gasteiger partial charge in [-0.2, -0.15) is 0 Å². The number of hydrogen-bond acceptors (Lipinski definition) is 3. The van der Waals surface area contributed by atoms with E-state index in [0.717, 1.165) is 32.8 Å². The van der Waals surface area contributed by atoms with E-state index in [1.54, 1.807) is 0 Å². The van der Waals surface area contributed by atoms with Crippen molar-refractivity contribution in [3.8, 4) is 0 Å². The molecule has 1 aromatic heterocycles. The van der Waals surface area contributed by atoms with Gasteiger partial charge in [-0.15, -0.1) is 0 Å². The molecule has 0 spiro atoms. The summed E-state index contributed by atoms with van der Waals surface area (Å²) in [5.74, 6) is 0. The second-order valence-electron chi connectivity index (χ2n) is 5.95. The SMILES string of the molecule is CCNC(C)c1cccn1CC1CN(C(C)C)CCO1. The van der Waals surface area contributed by atoms with Crippen molar-refractivity contribution in [1.29, 1.82) is 0 Å². The number of rotatable bonds is 6. The van der Waals surface area contributed by atoms with Gasteiger partial charge in [0, 0.05) is 43.6 Å². The molecule has 1 aliphatic rings. The normalized spacial score (nSPS) is 22.4. The average Bonchev–Trinajstić information content (AvgIpc) is 2.87. The highest BCUT2D eigenvalue weighted by atomic mass is 16.5. The molecule has 1 aliphatic heterocycles. The largest absolute Gasteiger partial charge is 0.374 e. The van der Waals surface area contributed by atoms with E-state index in [1.807, 2.05) is 0 Å². The highest BCUT2D eigenvalue weighted by Crippen LogP contribution is 2.16. The quantitative estimate of drug-likeness (QED) is 0.866. The summed E-state index contributed by atoms with van der Waals surface area (Å²) in [6.45, 7) is 13.8. The van der Waals surface area contributed by atoms with Crippen LogP contribution in [0.25, 0.3) is 0 Å². The number of morpholine rings is 1. The minimum Gasteiger partial charge on any atom is -0.374 e. The lowest BCUT2D eigenvalue weighted by molar-refractivity contribution is -0.0459. The molecule has 2 unspecified atom stereocenters. The van der Waals surface area contributed by atoms with Crippen molar-refractivity contribution in [1.82, 2.24) is 14.8 Å². The molecule has 0 amide bonds. The van der Waals surface area contributed by atoms with Gasteiger partial charge >= 0.3 is 0 Å². The smallest absolute Gasteiger partial charge is 0.0881 e. The van der Waals surface area contributed by atoms with E-state index >= 15 is 0 Å². The number of nitrogens with one attached hydrogen (secondary N) is 1. The number of ether oxygens (including phenoxy) is 1. The summed E-state index contributed by atoms with van der Waals surface area (Å²) in [6.07, 6.45) is 2.46. The molecule has 4 nitrogen and oxygen atoms in total. The fraction of sp³-hybridized carbons (Fsp3) is 0.750. The van der Waals surface area contributed by atoms with Gasteiger partial charge in [-0.25, -0.2) is 0 Å². The third kappa shape index (κ3) is 3.84. The van der Waals surface area contributed by atoms with Crippen LogP contribution in [0.3, 0.4) is 0 Å². The molecule has 20 heavy (non-hydrogen) atoms. The lowest BCUT2D eigenvalue weighted by Crippen LogP contribution is -2.47. The summed E-state index contributed by atoms with van der Waals surface area (Å²) in [5.41, 5.74) is 1.34. The first-order valence-electron chi connectivity index (χ1n) is 7.85. The van der Waals surface area contributed by atoms with Crippen molar-refractivity contribution in [3.05, 3.63) is 24.0 Å². The standard InChI is InChI=1S/C16H29N3O/c1-5-17-14(4)16-7-6-8-19(16)12-15-11-18(13(2)3)9-10-20-15/h6-8,13-15,17H,5,9-12H2,1-4H3. The van der Waals surface area contributed by atoms with Gasteiger partial charge in [-0.1, -0.05) is 6.92 Å². The van der Waals surface area contributed by atoms with Gasteiger partial charge in [0.2, 0.25) is 0 Å². The molecular weight excluding hydrogens is 250 g/mol. The van der Waals surface area contributed by atoms with E-state index in [0.29, 0.717) is 18.2 Å². The zero-order chi connectivity index (χ0) is 14.5. The highest BCUT2D eigenvalue weighted by Gasteiger charge is 2.23. The molecule has 1 aromatic rings. The maximum absolute atomic E-state index is 5.94. The van der Waals surface area contributed by atoms with E-state index in [4.69, 9.17) is 4.74 Å². The van der Waals surface area contributed by atoms with Crippen LogP contribution < -0.4 is 5.32 Å². The molecule has 1 saturated heterocycles. The first-order valence-corrected chi connectivity index (χ1v) is 7.85. The van der Waals surface area contributed by atoms with Crippen molar-refractivity contribution in [2.24, 2.45) is 0 Å². The average molecular weight is 279 g/mol. The van der Waals surface area contributed by atoms with Gasteiger partial charge < -0.3 is 14.6 Å². The molecule has 114 valence electrons. The Labute approximate surface area is 123 Å². The first-order chi connectivity index (χ1) is 9.61. The van der Waals surface area contributed by atoms with E-state index in [1.165, 1.54) is 5.69 Å². The highest BCUT2D eigenvalue weighted by molar-refractivity contribution is 5.11. The van der Waals surface area contributed by atoms with Crippen molar-refractivity contribution in [3.63, 3.8) is 0 Å². The summed E-state index contributed by atoms with van der Waals surface area (Å²) in [5, 5.41) is 3.48. The molecule has 0 bridgehead atoms. The summed E-state index contributed by atoms with van der Waals surface area (Å²) in [4.78, 5) is 2.51. The molecule has 2 atom stereocenters. The predicted octanol–water partition coefficient (Wildman–Crippen LogP) is 2.27. The Morgan fingerprint density at radius 2 is 2.20 bits per heavy atom. The maximum Gasteiger partial charge on any atom is 0.0881 e. The van der Waals surface area contributed by atoms with Crippen LogP contribution in [-0.2, 0) is 11.3 Å². The Morgan fingerprint density at radius 3 is 2.90 bits per heavy atom. The Kier molecular flexibility index (Phi) is 5.64. The van der Waals surface area contributed by atoms with Crippen LogP contribution in [0.4, 0.5) is 0 Å². The van der Waals surface area contributed by atoms with E-state index in [-0.39, 0.29) is 0 Å². The third-order valence-electron chi connectivity index (χ3n) is 4.12. The van der Waals surface area contributed by atoms with Gasteiger partial charge in [0.1, 0.15) is 0 Å². The fourth-order valence-electron chi connectivity index (χ4n) is 2.94. The van der Waals surface area contributed by atoms with Crippen molar-refractivity contribution in [2.75, 3.05) is 26.2 Å². The second kappa shape index (κ2) is 7.25. The molecule has 0 radical (unpaired) electrons. The molecule has 2 heterocycles. The number of aromatic nitrogens is 1. The summed E-state index contributed by atoms with van der Waals surface area (Å²) < 4.78 is 8.28. The molecule has 1 fully saturated rings. The lowest BCUT2D eigenvalue weighted by Gasteiger charge is -2.36. The van der Waals surface area contributed by atoms with Gasteiger partial charge in [0.15, 0.2) is 0 Å². The zero-order valence-corrected chi connectivity index (χ0v) is 13.3. The molecular formula is C16H29N3O. The van der Waals surface area contributed by atoms with Crippen LogP contribution in [0.1, 0.15) is 39.4 Å². The van der Waals surface area contributed by atoms with Crippen molar-refractivity contribution in [2.45, 2.75) is 52.4 Å². The Bertz CT molecular complexity index is 402. The third-order valence-corrected chi connectivity index (χ3v) is 4.12. The number of nitrogens with zero attached hydrogens (tertiary/aromatic N) is 2. The van der Waals surface area contributed by atoms with Gasteiger partial charge in [-0.05, 0) is 39.4 Å². The zero-order valence-electron chi connectivity index (χ0n) is 13.3. The minimum absolute atomic E-state index is 0.297. The monoisotopic (exact) mass is 279 g/mol. The van der Waals surface area contributed by atoms with E-state index in [2.05, 4.69) is 60.8 Å². The van der Waals surface area contributed by atoms with Crippen molar-refractivity contribution >= 4 is 0 Å². The second-order valence-corrected chi connectivity index (χ2v) is 5.95. The fourth-order valence-corrected chi connectivity index (χ4v) is 2.94. The van der Waals surface area contributed by atoms with Crippen LogP contribution in [0.2, 0.25) is 0 Å². The summed E-state index contributed by atoms with van der Waals surface area (Å²) >= 11 is 0. The summed E-state index contributed by atoms with van der Waals surface area (Å²) in [6, 6.07) is 5.33. The molecule has 0 saturated carbocycles. The van der Waals surface area contributed by atoms with Gasteiger partial charge in [0.25, 0.3) is 0 Å². The van der Waals surface area contributed by atoms with Gasteiger partial charge in [-0.3, -0.25) is 4.90 Å². The van der Waals surface area contributed by atoms with Crippen LogP contribution in [0, 0.1) is 0 Å². The van der Waals surface area contributed by atoms with Crippen molar-refractivity contribution < 1.29 is 4.74 Å². The Balaban J connectivity index is 1.98. The van der Waals surface area contributed by atoms with E-state index < -0.39 is 0 Å². The molecule has 4 heteroatoms. The first kappa shape index (κ1) is 15.5. The van der Waals surface area contributed by atoms with Crippen LogP contribution in [0.5, 0.6) is 0 Å². The molecule has 2 rings (SSSR count). The topological polar surface area (TPSA) is 29.4 Å². The number of hydrogen-bond donors (Lipinski definition) is 1. The summed E-state index contributed by atoms with van der Waals surface area (Å²) in [7, 11) is 0. The van der Waals surface area contributed by atoms with Crippen LogP contribution in [0.15, 0.2) is 18.3 Å². The van der Waals surface area contributed by atoms with Crippen LogP contribution >= 0.6 is 0 Å². The predicted molar refractivity (Wildman–Crippen MR) is 83.0 cm³/mol. The van der Waals surface area contributed by atoms with Crippen LogP contribution in [-0.4, -0.2) is 47.9 Å². The maximum atomic E-state index is 5.94. The van der Waals surface area contributed by atoms with E-state index in [9.17, 15) is 0 Å². The molecule has 1 N–H and O–H groups in total.